The molecule has 0 amide bonds. The lowest BCUT2D eigenvalue weighted by atomic mass is 9.92. The molecule has 172 valence electrons. The molecule has 4 heteroatoms. The van der Waals surface area contributed by atoms with Gasteiger partial charge < -0.3 is 9.47 Å². The van der Waals surface area contributed by atoms with Crippen LogP contribution < -0.4 is 9.47 Å². The molecule has 5 rings (SSSR count). The number of hydrogen-bond donors (Lipinski definition) is 0. The number of aromatic nitrogens is 1. The fourth-order valence-corrected chi connectivity index (χ4v) is 5.39. The summed E-state index contributed by atoms with van der Waals surface area (Å²) >= 11 is 0. The molecular weight excluding hydrogens is 408 g/mol. The van der Waals surface area contributed by atoms with Gasteiger partial charge in [0.25, 0.3) is 0 Å². The molecule has 2 heterocycles. The van der Waals surface area contributed by atoms with E-state index in [0.29, 0.717) is 5.92 Å². The first-order valence-corrected chi connectivity index (χ1v) is 12.2. The lowest BCUT2D eigenvalue weighted by Gasteiger charge is -2.32. The zero-order chi connectivity index (χ0) is 22.6. The second-order valence-corrected chi connectivity index (χ2v) is 9.46. The Labute approximate surface area is 197 Å². The third-order valence-corrected chi connectivity index (χ3v) is 7.28. The quantitative estimate of drug-likeness (QED) is 0.480. The SMILES string of the molecule is COc1cccc(Cc2ccc(C3CCN(Cc4cc5c(cc4OC)CCC5)CC3)nc2)c1. The summed E-state index contributed by atoms with van der Waals surface area (Å²) in [7, 11) is 3.51. The molecule has 0 bridgehead atoms. The number of benzene rings is 2. The number of hydrogen-bond acceptors (Lipinski definition) is 4. The first-order chi connectivity index (χ1) is 16.2. The molecule has 0 radical (unpaired) electrons. The highest BCUT2D eigenvalue weighted by molar-refractivity contribution is 5.45. The van der Waals surface area contributed by atoms with Crippen molar-refractivity contribution in [2.45, 2.75) is 51.0 Å². The molecule has 0 saturated carbocycles. The van der Waals surface area contributed by atoms with Gasteiger partial charge in [-0.15, -0.1) is 0 Å². The standard InChI is InChI=1S/C29H34N2O2/c1-32-27-8-3-5-21(16-27)15-22-9-10-28(30-19-22)23-11-13-31(14-12-23)20-26-17-24-6-4-7-25(24)18-29(26)33-2/h3,5,8-10,16-19,23H,4,6-7,11-15,20H2,1-2H3. The van der Waals surface area contributed by atoms with Crippen LogP contribution in [0.4, 0.5) is 0 Å². The monoisotopic (exact) mass is 442 g/mol. The van der Waals surface area contributed by atoms with E-state index in [0.717, 1.165) is 50.4 Å². The van der Waals surface area contributed by atoms with Crippen LogP contribution in [0.5, 0.6) is 11.5 Å². The van der Waals surface area contributed by atoms with E-state index in [9.17, 15) is 0 Å². The topological polar surface area (TPSA) is 34.6 Å². The number of methoxy groups -OCH3 is 2. The summed E-state index contributed by atoms with van der Waals surface area (Å²) in [5.41, 5.74) is 8.08. The third-order valence-electron chi connectivity index (χ3n) is 7.28. The minimum absolute atomic E-state index is 0.550. The number of rotatable bonds is 7. The highest BCUT2D eigenvalue weighted by atomic mass is 16.5. The number of fused-ring (bicyclic) bond motifs is 1. The normalized spacial score (nSPS) is 16.5. The van der Waals surface area contributed by atoms with Gasteiger partial charge in [-0.25, -0.2) is 0 Å². The van der Waals surface area contributed by atoms with E-state index in [2.05, 4.69) is 47.5 Å². The predicted octanol–water partition coefficient (Wildman–Crippen LogP) is 5.56. The summed E-state index contributed by atoms with van der Waals surface area (Å²) in [4.78, 5) is 7.42. The molecule has 33 heavy (non-hydrogen) atoms. The van der Waals surface area contributed by atoms with E-state index in [-0.39, 0.29) is 0 Å². The molecule has 3 aromatic rings. The summed E-state index contributed by atoms with van der Waals surface area (Å²) in [5, 5.41) is 0. The van der Waals surface area contributed by atoms with Crippen LogP contribution in [0.3, 0.4) is 0 Å². The molecule has 1 saturated heterocycles. The van der Waals surface area contributed by atoms with Gasteiger partial charge in [-0.05, 0) is 98.1 Å². The minimum Gasteiger partial charge on any atom is -0.497 e. The van der Waals surface area contributed by atoms with E-state index < -0.39 is 0 Å². The van der Waals surface area contributed by atoms with Crippen LogP contribution in [0.1, 0.15) is 58.7 Å². The Balaban J connectivity index is 1.17. The number of pyridine rings is 1. The first kappa shape index (κ1) is 22.0. The van der Waals surface area contributed by atoms with Crippen LogP contribution in [0.2, 0.25) is 0 Å². The largest absolute Gasteiger partial charge is 0.497 e. The summed E-state index contributed by atoms with van der Waals surface area (Å²) < 4.78 is 11.1. The smallest absolute Gasteiger partial charge is 0.123 e. The molecule has 2 aliphatic rings. The van der Waals surface area contributed by atoms with Crippen molar-refractivity contribution >= 4 is 0 Å². The Morgan fingerprint density at radius 2 is 1.73 bits per heavy atom. The molecule has 0 atom stereocenters. The Hall–Kier alpha value is -2.85. The predicted molar refractivity (Wildman–Crippen MR) is 132 cm³/mol. The number of aryl methyl sites for hydroxylation is 2. The highest BCUT2D eigenvalue weighted by Crippen LogP contribution is 2.33. The summed E-state index contributed by atoms with van der Waals surface area (Å²) in [6, 6.07) is 17.4. The van der Waals surface area contributed by atoms with Crippen molar-refractivity contribution in [3.63, 3.8) is 0 Å². The molecule has 1 aliphatic heterocycles. The van der Waals surface area contributed by atoms with Gasteiger partial charge in [0.2, 0.25) is 0 Å². The number of ether oxygens (including phenoxy) is 2. The molecule has 0 spiro atoms. The van der Waals surface area contributed by atoms with Crippen molar-refractivity contribution < 1.29 is 9.47 Å². The summed E-state index contributed by atoms with van der Waals surface area (Å²) in [6.45, 7) is 3.20. The Morgan fingerprint density at radius 3 is 2.45 bits per heavy atom. The van der Waals surface area contributed by atoms with Crippen LogP contribution >= 0.6 is 0 Å². The van der Waals surface area contributed by atoms with Gasteiger partial charge in [-0.2, -0.15) is 0 Å². The van der Waals surface area contributed by atoms with E-state index in [1.54, 1.807) is 14.2 Å². The van der Waals surface area contributed by atoms with Gasteiger partial charge in [-0.1, -0.05) is 24.3 Å². The molecule has 1 fully saturated rings. The van der Waals surface area contributed by atoms with E-state index >= 15 is 0 Å². The first-order valence-electron chi connectivity index (χ1n) is 12.2. The second-order valence-electron chi connectivity index (χ2n) is 9.46. The second kappa shape index (κ2) is 9.96. The Bertz CT molecular complexity index is 1090. The van der Waals surface area contributed by atoms with Gasteiger partial charge in [0.05, 0.1) is 14.2 Å². The third kappa shape index (κ3) is 5.06. The fraction of sp³-hybridized carbons (Fsp3) is 0.414. The maximum atomic E-state index is 5.73. The Morgan fingerprint density at radius 1 is 0.909 bits per heavy atom. The van der Waals surface area contributed by atoms with Crippen LogP contribution in [0.15, 0.2) is 54.7 Å². The number of likely N-dealkylation sites (tertiary alicyclic amines) is 1. The Kier molecular flexibility index (Phi) is 6.63. The van der Waals surface area contributed by atoms with Crippen LogP contribution in [-0.4, -0.2) is 37.2 Å². The molecular formula is C29H34N2O2. The van der Waals surface area contributed by atoms with E-state index in [4.69, 9.17) is 14.5 Å². The molecule has 0 N–H and O–H groups in total. The molecule has 1 aromatic heterocycles. The molecule has 2 aromatic carbocycles. The lowest BCUT2D eigenvalue weighted by Crippen LogP contribution is -2.32. The van der Waals surface area contributed by atoms with Crippen molar-refractivity contribution in [3.05, 3.63) is 88.2 Å². The van der Waals surface area contributed by atoms with E-state index in [1.165, 1.54) is 52.8 Å². The van der Waals surface area contributed by atoms with Crippen molar-refractivity contribution in [1.29, 1.82) is 0 Å². The molecule has 4 nitrogen and oxygen atoms in total. The number of piperidine rings is 1. The fourth-order valence-electron chi connectivity index (χ4n) is 5.39. The zero-order valence-electron chi connectivity index (χ0n) is 19.8. The highest BCUT2D eigenvalue weighted by Gasteiger charge is 2.23. The minimum atomic E-state index is 0.550. The van der Waals surface area contributed by atoms with Crippen molar-refractivity contribution in [2.24, 2.45) is 0 Å². The van der Waals surface area contributed by atoms with E-state index in [1.807, 2.05) is 12.1 Å². The van der Waals surface area contributed by atoms with Crippen LogP contribution in [0, 0.1) is 0 Å². The van der Waals surface area contributed by atoms with Crippen molar-refractivity contribution in [1.82, 2.24) is 9.88 Å². The summed E-state index contributed by atoms with van der Waals surface area (Å²) in [6.07, 6.45) is 8.95. The maximum Gasteiger partial charge on any atom is 0.123 e. The summed E-state index contributed by atoms with van der Waals surface area (Å²) in [5.74, 6) is 2.52. The molecule has 1 aliphatic carbocycles. The maximum absolute atomic E-state index is 5.73. The van der Waals surface area contributed by atoms with Crippen LogP contribution in [-0.2, 0) is 25.8 Å². The van der Waals surface area contributed by atoms with Crippen molar-refractivity contribution in [3.8, 4) is 11.5 Å². The number of nitrogens with zero attached hydrogens (tertiary/aromatic N) is 2. The average Bonchev–Trinajstić information content (AvgIpc) is 3.32. The molecule has 0 unspecified atom stereocenters. The van der Waals surface area contributed by atoms with Crippen LogP contribution in [0.25, 0.3) is 0 Å². The van der Waals surface area contributed by atoms with Gasteiger partial charge in [0.1, 0.15) is 11.5 Å². The van der Waals surface area contributed by atoms with Gasteiger partial charge in [0, 0.05) is 29.9 Å². The lowest BCUT2D eigenvalue weighted by molar-refractivity contribution is 0.201. The van der Waals surface area contributed by atoms with Gasteiger partial charge in [-0.3, -0.25) is 9.88 Å². The van der Waals surface area contributed by atoms with Gasteiger partial charge >= 0.3 is 0 Å². The van der Waals surface area contributed by atoms with Gasteiger partial charge in [0.15, 0.2) is 0 Å². The van der Waals surface area contributed by atoms with Crippen molar-refractivity contribution in [2.75, 3.05) is 27.3 Å². The zero-order valence-corrected chi connectivity index (χ0v) is 19.8. The average molecular weight is 443 g/mol.